The van der Waals surface area contributed by atoms with Gasteiger partial charge in [0.1, 0.15) is 5.41 Å². The highest BCUT2D eigenvalue weighted by Crippen LogP contribution is 2.33. The molecular formula is C14H23N3O2. The van der Waals surface area contributed by atoms with Gasteiger partial charge in [-0.2, -0.15) is 5.26 Å². The van der Waals surface area contributed by atoms with Crippen molar-refractivity contribution in [2.75, 3.05) is 33.4 Å². The average Bonchev–Trinajstić information content (AvgIpc) is 2.44. The summed E-state index contributed by atoms with van der Waals surface area (Å²) in [5.41, 5.74) is -0.854. The minimum absolute atomic E-state index is 0.00472. The Morgan fingerprint density at radius 1 is 1.26 bits per heavy atom. The van der Waals surface area contributed by atoms with Crippen LogP contribution in [0.3, 0.4) is 0 Å². The zero-order valence-corrected chi connectivity index (χ0v) is 12.1. The highest BCUT2D eigenvalue weighted by molar-refractivity contribution is 5.85. The molecule has 106 valence electrons. The van der Waals surface area contributed by atoms with Crippen molar-refractivity contribution in [3.8, 4) is 6.07 Å². The minimum Gasteiger partial charge on any atom is -0.381 e. The van der Waals surface area contributed by atoms with Crippen LogP contribution in [-0.4, -0.2) is 61.1 Å². The number of carbonyl (C=O) groups excluding carboxylic acids is 1. The van der Waals surface area contributed by atoms with Crippen LogP contribution in [0.25, 0.3) is 0 Å². The van der Waals surface area contributed by atoms with E-state index >= 15 is 0 Å². The maximum Gasteiger partial charge on any atom is 0.243 e. The number of ether oxygens (including phenoxy) is 1. The molecule has 0 bridgehead atoms. The molecule has 5 nitrogen and oxygen atoms in total. The quantitative estimate of drug-likeness (QED) is 0.705. The molecule has 0 spiro atoms. The predicted octanol–water partition coefficient (Wildman–Crippen LogP) is 0.858. The number of likely N-dealkylation sites (N-methyl/N-ethyl adjacent to an activating group) is 1. The van der Waals surface area contributed by atoms with Gasteiger partial charge in [0.25, 0.3) is 0 Å². The molecule has 0 N–H and O–H groups in total. The predicted molar refractivity (Wildman–Crippen MR) is 71.4 cm³/mol. The molecule has 2 atom stereocenters. The number of amides is 1. The molecule has 2 aliphatic rings. The van der Waals surface area contributed by atoms with E-state index in [1.807, 2.05) is 4.90 Å². The summed E-state index contributed by atoms with van der Waals surface area (Å²) in [5.74, 6) is 0.00472. The molecule has 5 heteroatoms. The Bertz CT molecular complexity index is 373. The van der Waals surface area contributed by atoms with Gasteiger partial charge in [0.2, 0.25) is 5.91 Å². The summed E-state index contributed by atoms with van der Waals surface area (Å²) >= 11 is 0. The maximum atomic E-state index is 12.7. The van der Waals surface area contributed by atoms with E-state index in [-0.39, 0.29) is 5.91 Å². The molecule has 0 saturated carbocycles. The third-order valence-corrected chi connectivity index (χ3v) is 4.62. The van der Waals surface area contributed by atoms with Gasteiger partial charge in [0.05, 0.1) is 6.07 Å². The van der Waals surface area contributed by atoms with Crippen molar-refractivity contribution < 1.29 is 9.53 Å². The fraction of sp³-hybridized carbons (Fsp3) is 0.857. The first-order valence-corrected chi connectivity index (χ1v) is 7.00. The van der Waals surface area contributed by atoms with E-state index in [1.54, 1.807) is 0 Å². The Morgan fingerprint density at radius 2 is 1.79 bits per heavy atom. The molecule has 2 rings (SSSR count). The lowest BCUT2D eigenvalue weighted by Crippen LogP contribution is -2.59. The van der Waals surface area contributed by atoms with Crippen molar-refractivity contribution in [2.24, 2.45) is 5.41 Å². The van der Waals surface area contributed by atoms with Crippen LogP contribution in [0.4, 0.5) is 0 Å². The average molecular weight is 265 g/mol. The molecule has 0 aromatic carbocycles. The summed E-state index contributed by atoms with van der Waals surface area (Å²) in [7, 11) is 2.09. The number of hydrogen-bond donors (Lipinski definition) is 0. The topological polar surface area (TPSA) is 56.6 Å². The van der Waals surface area contributed by atoms with Gasteiger partial charge >= 0.3 is 0 Å². The fourth-order valence-electron chi connectivity index (χ4n) is 2.97. The van der Waals surface area contributed by atoms with Crippen molar-refractivity contribution in [3.05, 3.63) is 0 Å². The Balaban J connectivity index is 2.12. The number of piperazine rings is 1. The van der Waals surface area contributed by atoms with Crippen molar-refractivity contribution >= 4 is 5.91 Å². The van der Waals surface area contributed by atoms with Crippen molar-refractivity contribution in [1.82, 2.24) is 9.80 Å². The molecule has 2 unspecified atom stereocenters. The van der Waals surface area contributed by atoms with Gasteiger partial charge in [0, 0.05) is 38.4 Å². The molecular weight excluding hydrogens is 242 g/mol. The lowest BCUT2D eigenvalue weighted by Gasteiger charge is -2.45. The molecule has 0 radical (unpaired) electrons. The fourth-order valence-corrected chi connectivity index (χ4v) is 2.97. The van der Waals surface area contributed by atoms with Gasteiger partial charge < -0.3 is 9.64 Å². The van der Waals surface area contributed by atoms with E-state index in [0.717, 1.165) is 0 Å². The van der Waals surface area contributed by atoms with E-state index in [2.05, 4.69) is 31.9 Å². The van der Waals surface area contributed by atoms with E-state index in [9.17, 15) is 10.1 Å². The molecule has 2 fully saturated rings. The maximum absolute atomic E-state index is 12.7. The second-order valence-corrected chi connectivity index (χ2v) is 5.88. The first kappa shape index (κ1) is 14.3. The Kier molecular flexibility index (Phi) is 4.12. The summed E-state index contributed by atoms with van der Waals surface area (Å²) in [5, 5.41) is 9.46. The highest BCUT2D eigenvalue weighted by atomic mass is 16.5. The van der Waals surface area contributed by atoms with Crippen molar-refractivity contribution in [1.29, 1.82) is 5.26 Å². The van der Waals surface area contributed by atoms with Crippen LogP contribution in [0.15, 0.2) is 0 Å². The van der Waals surface area contributed by atoms with E-state index in [1.165, 1.54) is 0 Å². The lowest BCUT2D eigenvalue weighted by atomic mass is 9.80. The Labute approximate surface area is 115 Å². The van der Waals surface area contributed by atoms with Gasteiger partial charge in [-0.3, -0.25) is 9.69 Å². The summed E-state index contributed by atoms with van der Waals surface area (Å²) < 4.78 is 5.29. The highest BCUT2D eigenvalue weighted by Gasteiger charge is 2.44. The number of hydrogen-bond acceptors (Lipinski definition) is 4. The number of nitriles is 1. The van der Waals surface area contributed by atoms with Crippen LogP contribution in [-0.2, 0) is 9.53 Å². The summed E-state index contributed by atoms with van der Waals surface area (Å²) in [6.45, 7) is 6.70. The molecule has 2 aliphatic heterocycles. The van der Waals surface area contributed by atoms with Crippen molar-refractivity contribution in [2.45, 2.75) is 38.8 Å². The van der Waals surface area contributed by atoms with Crippen LogP contribution in [0.5, 0.6) is 0 Å². The molecule has 0 aliphatic carbocycles. The van der Waals surface area contributed by atoms with Crippen LogP contribution in [0.1, 0.15) is 26.7 Å². The summed E-state index contributed by atoms with van der Waals surface area (Å²) in [6, 6.07) is 2.94. The SMILES string of the molecule is CC1CN(C(=O)C2(C#N)CCOCC2)CC(C)N1C. The van der Waals surface area contributed by atoms with Crippen LogP contribution in [0, 0.1) is 16.7 Å². The van der Waals surface area contributed by atoms with Gasteiger partial charge in [-0.15, -0.1) is 0 Å². The zero-order valence-electron chi connectivity index (χ0n) is 12.1. The number of carbonyl (C=O) groups is 1. The Hall–Kier alpha value is -1.12. The largest absolute Gasteiger partial charge is 0.381 e. The molecule has 19 heavy (non-hydrogen) atoms. The van der Waals surface area contributed by atoms with Gasteiger partial charge in [-0.25, -0.2) is 0 Å². The van der Waals surface area contributed by atoms with Crippen LogP contribution >= 0.6 is 0 Å². The smallest absolute Gasteiger partial charge is 0.243 e. The third kappa shape index (κ3) is 2.60. The molecule has 2 heterocycles. The minimum atomic E-state index is -0.854. The monoisotopic (exact) mass is 265 g/mol. The third-order valence-electron chi connectivity index (χ3n) is 4.62. The zero-order chi connectivity index (χ0) is 14.0. The lowest BCUT2D eigenvalue weighted by molar-refractivity contribution is -0.147. The molecule has 1 amide bonds. The van der Waals surface area contributed by atoms with Gasteiger partial charge in [-0.05, 0) is 33.7 Å². The molecule has 0 aromatic heterocycles. The number of rotatable bonds is 1. The second kappa shape index (κ2) is 5.48. The first-order chi connectivity index (χ1) is 9.00. The van der Waals surface area contributed by atoms with E-state index < -0.39 is 5.41 Å². The van der Waals surface area contributed by atoms with Crippen LogP contribution in [0.2, 0.25) is 0 Å². The Morgan fingerprint density at radius 3 is 2.26 bits per heavy atom. The summed E-state index contributed by atoms with van der Waals surface area (Å²) in [4.78, 5) is 16.9. The van der Waals surface area contributed by atoms with Crippen LogP contribution < -0.4 is 0 Å². The van der Waals surface area contributed by atoms with Gasteiger partial charge in [0.15, 0.2) is 0 Å². The number of nitrogens with zero attached hydrogens (tertiary/aromatic N) is 3. The summed E-state index contributed by atoms with van der Waals surface area (Å²) in [6.07, 6.45) is 1.05. The first-order valence-electron chi connectivity index (χ1n) is 7.00. The second-order valence-electron chi connectivity index (χ2n) is 5.88. The van der Waals surface area contributed by atoms with E-state index in [0.29, 0.717) is 51.2 Å². The standard InChI is InChI=1S/C14H23N3O2/c1-11-8-17(9-12(2)16(11)3)13(18)14(10-15)4-6-19-7-5-14/h11-12H,4-9H2,1-3H3. The van der Waals surface area contributed by atoms with Crippen molar-refractivity contribution in [3.63, 3.8) is 0 Å². The van der Waals surface area contributed by atoms with E-state index in [4.69, 9.17) is 4.74 Å². The normalized spacial score (nSPS) is 31.8. The van der Waals surface area contributed by atoms with Gasteiger partial charge in [-0.1, -0.05) is 0 Å². The molecule has 2 saturated heterocycles. The molecule has 0 aromatic rings.